The average Bonchev–Trinajstić information content (AvgIpc) is 1.91. The Hall–Kier alpha value is -0.180. The second-order valence-electron chi connectivity index (χ2n) is 1.55. The largest absolute Gasteiger partial charge is 0.305 e. The van der Waals surface area contributed by atoms with Gasteiger partial charge in [0.25, 0.3) is 0 Å². The monoisotopic (exact) mass is 116 g/mol. The number of aliphatic imine (C=N–C) groups is 1. The zero-order chi connectivity index (χ0) is 5.28. The first-order chi connectivity index (χ1) is 3.30. The molecule has 2 nitrogen and oxygen atoms in total. The van der Waals surface area contributed by atoms with E-state index in [2.05, 4.69) is 17.8 Å². The molecule has 0 aliphatic carbocycles. The second-order valence-corrected chi connectivity index (χ2v) is 2.03. The van der Waals surface area contributed by atoms with Crippen LogP contribution in [0.25, 0.3) is 0 Å². The summed E-state index contributed by atoms with van der Waals surface area (Å²) in [5, 5.41) is 0. The van der Waals surface area contributed by atoms with Crippen LogP contribution in [0.3, 0.4) is 0 Å². The molecule has 0 fully saturated rings. The van der Waals surface area contributed by atoms with Crippen molar-refractivity contribution in [3.05, 3.63) is 0 Å². The fraction of sp³-hybridized carbons (Fsp3) is 0.750. The van der Waals surface area contributed by atoms with E-state index < -0.39 is 0 Å². The maximum absolute atomic E-state index is 4.09. The highest BCUT2D eigenvalue weighted by Gasteiger charge is 2.05. The molecule has 1 heterocycles. The summed E-state index contributed by atoms with van der Waals surface area (Å²) in [4.78, 5) is 4.08. The van der Waals surface area contributed by atoms with Gasteiger partial charge in [-0.2, -0.15) is 0 Å². The standard InChI is InChI=1S/C4H8N2S/c1-4-5-2-3-6(4)7/h7H,2-3H2,1H3. The van der Waals surface area contributed by atoms with Crippen LogP contribution in [0.5, 0.6) is 0 Å². The Morgan fingerprint density at radius 2 is 2.57 bits per heavy atom. The van der Waals surface area contributed by atoms with Crippen molar-refractivity contribution >= 4 is 18.7 Å². The molecule has 0 saturated heterocycles. The van der Waals surface area contributed by atoms with Gasteiger partial charge in [-0.1, -0.05) is 12.8 Å². The zero-order valence-electron chi connectivity index (χ0n) is 4.26. The van der Waals surface area contributed by atoms with Gasteiger partial charge in [0.1, 0.15) is 5.84 Å². The number of hydrogen-bond acceptors (Lipinski definition) is 3. The lowest BCUT2D eigenvalue weighted by Crippen LogP contribution is -2.12. The molecular weight excluding hydrogens is 108 g/mol. The first kappa shape index (κ1) is 4.97. The van der Waals surface area contributed by atoms with E-state index in [-0.39, 0.29) is 0 Å². The Bertz CT molecular complexity index is 99.9. The molecule has 1 aliphatic rings. The van der Waals surface area contributed by atoms with Gasteiger partial charge in [0, 0.05) is 0 Å². The van der Waals surface area contributed by atoms with Crippen LogP contribution >= 0.6 is 12.8 Å². The van der Waals surface area contributed by atoms with Crippen LogP contribution in [0.2, 0.25) is 0 Å². The van der Waals surface area contributed by atoms with Gasteiger partial charge in [-0.3, -0.25) is 4.99 Å². The number of amidine groups is 1. The smallest absolute Gasteiger partial charge is 0.106 e. The third kappa shape index (κ3) is 0.881. The van der Waals surface area contributed by atoms with Crippen molar-refractivity contribution in [2.45, 2.75) is 6.92 Å². The van der Waals surface area contributed by atoms with Gasteiger partial charge >= 0.3 is 0 Å². The van der Waals surface area contributed by atoms with E-state index in [1.165, 1.54) is 0 Å². The SMILES string of the molecule is CC1=NCCN1S. The van der Waals surface area contributed by atoms with Gasteiger partial charge in [0.2, 0.25) is 0 Å². The van der Waals surface area contributed by atoms with E-state index in [1.807, 2.05) is 11.2 Å². The molecule has 0 atom stereocenters. The summed E-state index contributed by atoms with van der Waals surface area (Å²) >= 11 is 4.09. The molecule has 0 radical (unpaired) electrons. The van der Waals surface area contributed by atoms with Crippen LogP contribution in [0, 0.1) is 0 Å². The maximum Gasteiger partial charge on any atom is 0.106 e. The van der Waals surface area contributed by atoms with E-state index in [9.17, 15) is 0 Å². The molecule has 0 aromatic heterocycles. The number of nitrogens with zero attached hydrogens (tertiary/aromatic N) is 2. The summed E-state index contributed by atoms with van der Waals surface area (Å²) in [5.74, 6) is 1.03. The predicted molar refractivity (Wildman–Crippen MR) is 33.7 cm³/mol. The third-order valence-electron chi connectivity index (χ3n) is 1.03. The Labute approximate surface area is 48.8 Å². The zero-order valence-corrected chi connectivity index (χ0v) is 5.15. The van der Waals surface area contributed by atoms with Crippen LogP contribution in [0.4, 0.5) is 0 Å². The van der Waals surface area contributed by atoms with Crippen LogP contribution in [-0.2, 0) is 0 Å². The molecule has 0 spiro atoms. The minimum absolute atomic E-state index is 0.912. The molecule has 0 aromatic carbocycles. The van der Waals surface area contributed by atoms with Crippen molar-refractivity contribution in [1.82, 2.24) is 4.31 Å². The van der Waals surface area contributed by atoms with E-state index in [1.54, 1.807) is 0 Å². The normalized spacial score (nSPS) is 20.3. The van der Waals surface area contributed by atoms with Gasteiger partial charge < -0.3 is 4.31 Å². The highest BCUT2D eigenvalue weighted by Crippen LogP contribution is 2.01. The lowest BCUT2D eigenvalue weighted by Gasteiger charge is -2.05. The van der Waals surface area contributed by atoms with E-state index in [4.69, 9.17) is 0 Å². The second kappa shape index (κ2) is 1.74. The minimum atomic E-state index is 0.912. The molecule has 0 bridgehead atoms. The Kier molecular flexibility index (Phi) is 1.23. The van der Waals surface area contributed by atoms with Crippen LogP contribution in [0.15, 0.2) is 4.99 Å². The first-order valence-corrected chi connectivity index (χ1v) is 2.68. The van der Waals surface area contributed by atoms with Crippen molar-refractivity contribution in [2.24, 2.45) is 4.99 Å². The highest BCUT2D eigenvalue weighted by molar-refractivity contribution is 7.78. The molecule has 3 heteroatoms. The molecule has 0 aromatic rings. The molecule has 1 aliphatic heterocycles. The fourth-order valence-electron chi connectivity index (χ4n) is 0.550. The van der Waals surface area contributed by atoms with E-state index in [0.717, 1.165) is 18.9 Å². The molecule has 1 rings (SSSR count). The molecule has 40 valence electrons. The summed E-state index contributed by atoms with van der Waals surface area (Å²) in [7, 11) is 0. The van der Waals surface area contributed by atoms with Crippen molar-refractivity contribution < 1.29 is 0 Å². The third-order valence-corrected chi connectivity index (χ3v) is 1.52. The summed E-state index contributed by atoms with van der Waals surface area (Å²) in [6.45, 7) is 3.84. The number of rotatable bonds is 0. The van der Waals surface area contributed by atoms with Gasteiger partial charge in [0.05, 0.1) is 13.1 Å². The van der Waals surface area contributed by atoms with E-state index >= 15 is 0 Å². The highest BCUT2D eigenvalue weighted by atomic mass is 32.1. The van der Waals surface area contributed by atoms with Crippen molar-refractivity contribution in [2.75, 3.05) is 13.1 Å². The summed E-state index contributed by atoms with van der Waals surface area (Å²) < 4.78 is 1.85. The van der Waals surface area contributed by atoms with Crippen molar-refractivity contribution in [1.29, 1.82) is 0 Å². The minimum Gasteiger partial charge on any atom is -0.305 e. The van der Waals surface area contributed by atoms with Crippen LogP contribution < -0.4 is 0 Å². The molecular formula is C4H8N2S. The topological polar surface area (TPSA) is 15.6 Å². The summed E-state index contributed by atoms with van der Waals surface area (Å²) in [6.07, 6.45) is 0. The van der Waals surface area contributed by atoms with Gasteiger partial charge in [-0.15, -0.1) is 0 Å². The molecule has 0 unspecified atom stereocenters. The molecule has 7 heavy (non-hydrogen) atoms. The average molecular weight is 116 g/mol. The van der Waals surface area contributed by atoms with Crippen molar-refractivity contribution in [3.8, 4) is 0 Å². The van der Waals surface area contributed by atoms with E-state index in [0.29, 0.717) is 0 Å². The fourth-order valence-corrected chi connectivity index (χ4v) is 0.703. The Morgan fingerprint density at radius 1 is 1.86 bits per heavy atom. The quantitative estimate of drug-likeness (QED) is 0.457. The van der Waals surface area contributed by atoms with Crippen LogP contribution in [-0.4, -0.2) is 23.2 Å². The lowest BCUT2D eigenvalue weighted by molar-refractivity contribution is 0.742. The predicted octanol–water partition coefficient (Wildman–Crippen LogP) is 0.565. The summed E-state index contributed by atoms with van der Waals surface area (Å²) in [6, 6.07) is 0. The molecule has 0 N–H and O–H groups in total. The van der Waals surface area contributed by atoms with Gasteiger partial charge in [-0.05, 0) is 6.92 Å². The van der Waals surface area contributed by atoms with Crippen molar-refractivity contribution in [3.63, 3.8) is 0 Å². The van der Waals surface area contributed by atoms with Gasteiger partial charge in [0.15, 0.2) is 0 Å². The number of thiol groups is 1. The Morgan fingerprint density at radius 3 is 2.71 bits per heavy atom. The van der Waals surface area contributed by atoms with Crippen LogP contribution in [0.1, 0.15) is 6.92 Å². The van der Waals surface area contributed by atoms with Gasteiger partial charge in [-0.25, -0.2) is 0 Å². The lowest BCUT2D eigenvalue weighted by atomic mass is 10.7. The summed E-state index contributed by atoms with van der Waals surface area (Å²) in [5.41, 5.74) is 0. The maximum atomic E-state index is 4.09. The molecule has 0 amide bonds. The molecule has 0 saturated carbocycles. The Balaban J connectivity index is 2.54. The first-order valence-electron chi connectivity index (χ1n) is 2.28. The number of hydrogen-bond donors (Lipinski definition) is 1.